The quantitative estimate of drug-likeness (QED) is 0.944. The molecule has 1 heterocycles. The highest BCUT2D eigenvalue weighted by Gasteiger charge is 2.06. The Labute approximate surface area is 121 Å². The van der Waals surface area contributed by atoms with Crippen LogP contribution < -0.4 is 10.9 Å². The molecule has 0 aliphatic rings. The van der Waals surface area contributed by atoms with Gasteiger partial charge in [0.1, 0.15) is 5.02 Å². The largest absolute Gasteiger partial charge is 0.382 e. The van der Waals surface area contributed by atoms with Crippen LogP contribution in [0, 0.1) is 0 Å². The fourth-order valence-corrected chi connectivity index (χ4v) is 1.99. The molecule has 6 heteroatoms. The summed E-state index contributed by atoms with van der Waals surface area (Å²) in [5.41, 5.74) is 1.40. The van der Waals surface area contributed by atoms with Crippen LogP contribution in [0.1, 0.15) is 5.56 Å². The minimum Gasteiger partial charge on any atom is -0.382 e. The minimum atomic E-state index is -0.307. The lowest BCUT2D eigenvalue weighted by molar-refractivity contribution is 0.708. The fraction of sp³-hybridized carbons (Fsp3) is 0.231. The van der Waals surface area contributed by atoms with Gasteiger partial charge in [0.2, 0.25) is 0 Å². The van der Waals surface area contributed by atoms with Crippen molar-refractivity contribution in [1.29, 1.82) is 0 Å². The summed E-state index contributed by atoms with van der Waals surface area (Å²) in [4.78, 5) is 11.6. The lowest BCUT2D eigenvalue weighted by Crippen LogP contribution is -2.21. The van der Waals surface area contributed by atoms with Crippen LogP contribution >= 0.6 is 23.2 Å². The Kier molecular flexibility index (Phi) is 4.45. The third kappa shape index (κ3) is 3.49. The predicted molar refractivity (Wildman–Crippen MR) is 78.1 cm³/mol. The van der Waals surface area contributed by atoms with E-state index < -0.39 is 0 Å². The normalized spacial score (nSPS) is 10.5. The van der Waals surface area contributed by atoms with Crippen LogP contribution in [0.25, 0.3) is 0 Å². The van der Waals surface area contributed by atoms with Crippen molar-refractivity contribution >= 4 is 28.9 Å². The first-order valence-corrected chi connectivity index (χ1v) is 6.53. The van der Waals surface area contributed by atoms with E-state index in [4.69, 9.17) is 23.2 Å². The number of halogens is 2. The molecule has 1 aromatic heterocycles. The lowest BCUT2D eigenvalue weighted by Gasteiger charge is -2.08. The molecular weight excluding hydrogens is 285 g/mol. The van der Waals surface area contributed by atoms with E-state index >= 15 is 0 Å². The molecule has 0 radical (unpaired) electrons. The van der Waals surface area contributed by atoms with Gasteiger partial charge in [0.05, 0.1) is 11.9 Å². The van der Waals surface area contributed by atoms with Crippen LogP contribution in [0.4, 0.5) is 5.69 Å². The molecule has 0 bridgehead atoms. The third-order valence-corrected chi connectivity index (χ3v) is 3.34. The maximum Gasteiger partial charge on any atom is 0.287 e. The molecule has 0 amide bonds. The number of aromatic nitrogens is 2. The van der Waals surface area contributed by atoms with Crippen molar-refractivity contribution in [1.82, 2.24) is 9.78 Å². The molecule has 2 rings (SSSR count). The molecule has 0 fully saturated rings. The second-order valence-electron chi connectivity index (χ2n) is 4.10. The second kappa shape index (κ2) is 6.08. The van der Waals surface area contributed by atoms with E-state index in [-0.39, 0.29) is 10.6 Å². The minimum absolute atomic E-state index is 0.161. The van der Waals surface area contributed by atoms with Crippen LogP contribution in [-0.4, -0.2) is 16.3 Å². The summed E-state index contributed by atoms with van der Waals surface area (Å²) >= 11 is 11.8. The van der Waals surface area contributed by atoms with Crippen molar-refractivity contribution in [3.05, 3.63) is 56.4 Å². The van der Waals surface area contributed by atoms with Crippen LogP contribution in [0.5, 0.6) is 0 Å². The average Bonchev–Trinajstić information content (AvgIpc) is 2.41. The third-order valence-electron chi connectivity index (χ3n) is 2.72. The Morgan fingerprint density at radius 1 is 1.26 bits per heavy atom. The summed E-state index contributed by atoms with van der Waals surface area (Å²) in [7, 11) is 1.56. The lowest BCUT2D eigenvalue weighted by atomic mass is 10.1. The van der Waals surface area contributed by atoms with Crippen molar-refractivity contribution in [3.8, 4) is 0 Å². The van der Waals surface area contributed by atoms with E-state index in [1.807, 2.05) is 24.3 Å². The molecule has 0 aliphatic heterocycles. The van der Waals surface area contributed by atoms with Crippen LogP contribution in [-0.2, 0) is 13.5 Å². The van der Waals surface area contributed by atoms with E-state index in [1.165, 1.54) is 4.68 Å². The van der Waals surface area contributed by atoms with E-state index in [9.17, 15) is 4.79 Å². The van der Waals surface area contributed by atoms with Crippen molar-refractivity contribution < 1.29 is 0 Å². The maximum atomic E-state index is 11.6. The van der Waals surface area contributed by atoms with Crippen molar-refractivity contribution in [3.63, 3.8) is 0 Å². The van der Waals surface area contributed by atoms with E-state index in [2.05, 4.69) is 10.4 Å². The summed E-state index contributed by atoms with van der Waals surface area (Å²) in [6.07, 6.45) is 2.36. The number of anilines is 1. The summed E-state index contributed by atoms with van der Waals surface area (Å²) < 4.78 is 1.20. The van der Waals surface area contributed by atoms with Gasteiger partial charge in [-0.1, -0.05) is 35.3 Å². The number of hydrogen-bond donors (Lipinski definition) is 1. The van der Waals surface area contributed by atoms with Gasteiger partial charge in [-0.25, -0.2) is 4.68 Å². The highest BCUT2D eigenvalue weighted by atomic mass is 35.5. The molecule has 19 heavy (non-hydrogen) atoms. The van der Waals surface area contributed by atoms with Gasteiger partial charge >= 0.3 is 0 Å². The molecular formula is C13H13Cl2N3O. The number of nitrogens with one attached hydrogen (secondary N) is 1. The van der Waals surface area contributed by atoms with Gasteiger partial charge in [-0.15, -0.1) is 0 Å². The molecule has 0 atom stereocenters. The predicted octanol–water partition coefficient (Wildman–Crippen LogP) is 2.74. The van der Waals surface area contributed by atoms with E-state index in [0.29, 0.717) is 12.2 Å². The van der Waals surface area contributed by atoms with Gasteiger partial charge < -0.3 is 5.32 Å². The smallest absolute Gasteiger partial charge is 0.287 e. The highest BCUT2D eigenvalue weighted by Crippen LogP contribution is 2.15. The van der Waals surface area contributed by atoms with Gasteiger partial charge in [-0.2, -0.15) is 5.10 Å². The molecule has 1 aromatic carbocycles. The van der Waals surface area contributed by atoms with Crippen molar-refractivity contribution in [2.75, 3.05) is 11.9 Å². The van der Waals surface area contributed by atoms with Gasteiger partial charge in [0, 0.05) is 18.6 Å². The van der Waals surface area contributed by atoms with Gasteiger partial charge in [-0.3, -0.25) is 4.79 Å². The number of benzene rings is 1. The molecule has 0 unspecified atom stereocenters. The second-order valence-corrected chi connectivity index (χ2v) is 4.92. The van der Waals surface area contributed by atoms with E-state index in [1.54, 1.807) is 13.2 Å². The number of hydrogen-bond acceptors (Lipinski definition) is 3. The average molecular weight is 298 g/mol. The summed E-state index contributed by atoms with van der Waals surface area (Å²) in [6.45, 7) is 0.663. The van der Waals surface area contributed by atoms with Gasteiger partial charge in [-0.05, 0) is 24.1 Å². The Morgan fingerprint density at radius 3 is 2.63 bits per heavy atom. The van der Waals surface area contributed by atoms with Crippen molar-refractivity contribution in [2.24, 2.45) is 7.05 Å². The molecule has 0 aliphatic carbocycles. The fourth-order valence-electron chi connectivity index (χ4n) is 1.63. The number of rotatable bonds is 4. The van der Waals surface area contributed by atoms with Crippen LogP contribution in [0.3, 0.4) is 0 Å². The molecule has 0 saturated carbocycles. The highest BCUT2D eigenvalue weighted by molar-refractivity contribution is 6.32. The summed E-state index contributed by atoms with van der Waals surface area (Å²) in [5.74, 6) is 0. The molecule has 0 spiro atoms. The zero-order valence-corrected chi connectivity index (χ0v) is 11.9. The first-order valence-electron chi connectivity index (χ1n) is 5.78. The first kappa shape index (κ1) is 13.9. The van der Waals surface area contributed by atoms with E-state index in [0.717, 1.165) is 17.0 Å². The summed E-state index contributed by atoms with van der Waals surface area (Å²) in [5, 5.41) is 7.90. The molecule has 4 nitrogen and oxygen atoms in total. The Balaban J connectivity index is 1.98. The topological polar surface area (TPSA) is 46.9 Å². The standard InChI is InChI=1S/C13H13Cl2N3O/c1-18-13(19)12(15)11(8-17-18)16-7-6-9-2-4-10(14)5-3-9/h2-5,8,16H,6-7H2,1H3. The molecule has 2 aromatic rings. The Morgan fingerprint density at radius 2 is 1.95 bits per heavy atom. The SMILES string of the molecule is Cn1ncc(NCCc2ccc(Cl)cc2)c(Cl)c1=O. The number of nitrogens with zero attached hydrogens (tertiary/aromatic N) is 2. The zero-order chi connectivity index (χ0) is 13.8. The monoisotopic (exact) mass is 297 g/mol. The van der Waals surface area contributed by atoms with Crippen LogP contribution in [0.2, 0.25) is 10.0 Å². The van der Waals surface area contributed by atoms with Crippen LogP contribution in [0.15, 0.2) is 35.3 Å². The van der Waals surface area contributed by atoms with Gasteiger partial charge in [0.25, 0.3) is 5.56 Å². The first-order chi connectivity index (χ1) is 9.08. The van der Waals surface area contributed by atoms with Gasteiger partial charge in [0.15, 0.2) is 0 Å². The van der Waals surface area contributed by atoms with Crippen molar-refractivity contribution in [2.45, 2.75) is 6.42 Å². The Bertz CT molecular complexity index is 623. The maximum absolute atomic E-state index is 11.6. The zero-order valence-electron chi connectivity index (χ0n) is 10.4. The molecule has 100 valence electrons. The Hall–Kier alpha value is -1.52. The summed E-state index contributed by atoms with van der Waals surface area (Å²) in [6, 6.07) is 7.63. The molecule has 1 N–H and O–H groups in total. The number of aryl methyl sites for hydroxylation is 1. The molecule has 0 saturated heterocycles.